The first-order valence-electron chi connectivity index (χ1n) is 7.23. The van der Waals surface area contributed by atoms with Crippen LogP contribution in [0.4, 0.5) is 8.78 Å². The molecule has 0 saturated heterocycles. The molecule has 0 saturated carbocycles. The number of hydrogen-bond donors (Lipinski definition) is 2. The van der Waals surface area contributed by atoms with Crippen molar-refractivity contribution in [3.8, 4) is 0 Å². The first-order valence-corrected chi connectivity index (χ1v) is 7.23. The molecule has 0 aliphatic rings. The quantitative estimate of drug-likeness (QED) is 0.812. The molecule has 0 radical (unpaired) electrons. The van der Waals surface area contributed by atoms with E-state index in [1.807, 2.05) is 13.8 Å². The Morgan fingerprint density at radius 1 is 1.24 bits per heavy atom. The molecule has 5 heteroatoms. The van der Waals surface area contributed by atoms with Gasteiger partial charge in [-0.2, -0.15) is 0 Å². The van der Waals surface area contributed by atoms with Gasteiger partial charge >= 0.3 is 0 Å². The van der Waals surface area contributed by atoms with E-state index in [-0.39, 0.29) is 23.1 Å². The number of aliphatic hydroxyl groups excluding tert-OH is 1. The summed E-state index contributed by atoms with van der Waals surface area (Å²) in [6.07, 6.45) is 2.18. The van der Waals surface area contributed by atoms with Gasteiger partial charge in [-0.1, -0.05) is 13.8 Å². The van der Waals surface area contributed by atoms with Crippen molar-refractivity contribution in [2.75, 3.05) is 13.2 Å². The van der Waals surface area contributed by atoms with Gasteiger partial charge in [0.15, 0.2) is 0 Å². The Balaban J connectivity index is 2.84. The molecule has 0 aliphatic heterocycles. The molecule has 0 heterocycles. The second-order valence-electron chi connectivity index (χ2n) is 5.44. The monoisotopic (exact) mass is 299 g/mol. The zero-order chi connectivity index (χ0) is 16.0. The van der Waals surface area contributed by atoms with Crippen molar-refractivity contribution >= 4 is 5.91 Å². The third-order valence-corrected chi connectivity index (χ3v) is 4.26. The van der Waals surface area contributed by atoms with E-state index in [1.54, 1.807) is 0 Å². The first kappa shape index (κ1) is 17.6. The third kappa shape index (κ3) is 4.24. The van der Waals surface area contributed by atoms with E-state index in [0.29, 0.717) is 13.0 Å². The Hall–Kier alpha value is -1.49. The highest BCUT2D eigenvalue weighted by molar-refractivity contribution is 5.94. The van der Waals surface area contributed by atoms with Crippen LogP contribution in [-0.4, -0.2) is 24.2 Å². The normalized spacial score (nSPS) is 11.5. The van der Waals surface area contributed by atoms with Crippen LogP contribution in [0.1, 0.15) is 49.0 Å². The summed E-state index contributed by atoms with van der Waals surface area (Å²) in [6, 6.07) is 1.94. The summed E-state index contributed by atoms with van der Waals surface area (Å²) in [4.78, 5) is 12.1. The second kappa shape index (κ2) is 7.50. The van der Waals surface area contributed by atoms with Crippen LogP contribution >= 0.6 is 0 Å². The van der Waals surface area contributed by atoms with Crippen molar-refractivity contribution in [2.24, 2.45) is 5.41 Å². The zero-order valence-electron chi connectivity index (χ0n) is 12.8. The van der Waals surface area contributed by atoms with Crippen molar-refractivity contribution in [1.82, 2.24) is 5.32 Å². The number of nitrogens with one attached hydrogen (secondary N) is 1. The zero-order valence-corrected chi connectivity index (χ0v) is 12.8. The van der Waals surface area contributed by atoms with Gasteiger partial charge in [0.1, 0.15) is 11.6 Å². The van der Waals surface area contributed by atoms with Gasteiger partial charge in [0, 0.05) is 19.2 Å². The van der Waals surface area contributed by atoms with Gasteiger partial charge in [0.2, 0.25) is 0 Å². The molecule has 0 aromatic heterocycles. The molecule has 2 N–H and O–H groups in total. The van der Waals surface area contributed by atoms with Crippen molar-refractivity contribution in [2.45, 2.75) is 40.0 Å². The fraction of sp³-hybridized carbons (Fsp3) is 0.562. The number of carbonyl (C=O) groups is 1. The highest BCUT2D eigenvalue weighted by Gasteiger charge is 2.27. The van der Waals surface area contributed by atoms with E-state index >= 15 is 0 Å². The molecule has 1 aromatic rings. The molecule has 118 valence electrons. The lowest BCUT2D eigenvalue weighted by Gasteiger charge is -2.31. The molecule has 0 unspecified atom stereocenters. The summed E-state index contributed by atoms with van der Waals surface area (Å²) in [5.74, 6) is -2.09. The minimum Gasteiger partial charge on any atom is -0.396 e. The SMILES string of the molecule is CCC(CC)(CCO)CNC(=O)c1cc(C)c(F)cc1F. The van der Waals surface area contributed by atoms with Crippen LogP contribution in [-0.2, 0) is 0 Å². The number of amides is 1. The van der Waals surface area contributed by atoms with Gasteiger partial charge in [-0.05, 0) is 43.2 Å². The molecule has 21 heavy (non-hydrogen) atoms. The van der Waals surface area contributed by atoms with Crippen molar-refractivity contribution in [3.63, 3.8) is 0 Å². The number of rotatable bonds is 7. The van der Waals surface area contributed by atoms with Gasteiger partial charge in [-0.25, -0.2) is 8.78 Å². The molecule has 1 rings (SSSR count). The molecular formula is C16H23F2NO2. The largest absolute Gasteiger partial charge is 0.396 e. The molecule has 0 fully saturated rings. The standard InChI is InChI=1S/C16H23F2NO2/c1-4-16(5-2,6-7-20)10-19-15(21)12-8-11(3)13(17)9-14(12)18/h8-9,20H,4-7,10H2,1-3H3,(H,19,21). The van der Waals surface area contributed by atoms with Crippen LogP contribution in [0.5, 0.6) is 0 Å². The Bertz CT molecular complexity index is 499. The average Bonchev–Trinajstić information content (AvgIpc) is 2.47. The third-order valence-electron chi connectivity index (χ3n) is 4.26. The van der Waals surface area contributed by atoms with E-state index in [1.165, 1.54) is 13.0 Å². The van der Waals surface area contributed by atoms with Gasteiger partial charge in [0.05, 0.1) is 5.56 Å². The van der Waals surface area contributed by atoms with Gasteiger partial charge in [0.25, 0.3) is 5.91 Å². The van der Waals surface area contributed by atoms with Crippen molar-refractivity contribution in [1.29, 1.82) is 0 Å². The lowest BCUT2D eigenvalue weighted by Crippen LogP contribution is -2.38. The highest BCUT2D eigenvalue weighted by atomic mass is 19.1. The first-order chi connectivity index (χ1) is 9.89. The predicted molar refractivity (Wildman–Crippen MR) is 78.1 cm³/mol. The topological polar surface area (TPSA) is 49.3 Å². The molecule has 1 aromatic carbocycles. The minimum absolute atomic E-state index is 0.0432. The number of aliphatic hydroxyl groups is 1. The Kier molecular flexibility index (Phi) is 6.27. The summed E-state index contributed by atoms with van der Waals surface area (Å²) < 4.78 is 26.9. The minimum atomic E-state index is -0.864. The summed E-state index contributed by atoms with van der Waals surface area (Å²) in [6.45, 7) is 5.87. The molecule has 1 amide bonds. The highest BCUT2D eigenvalue weighted by Crippen LogP contribution is 2.29. The van der Waals surface area contributed by atoms with Crippen molar-refractivity contribution in [3.05, 3.63) is 34.9 Å². The molecule has 0 atom stereocenters. The summed E-state index contributed by atoms with van der Waals surface area (Å²) in [5, 5.41) is 11.8. The van der Waals surface area contributed by atoms with E-state index in [9.17, 15) is 13.6 Å². The number of halogens is 2. The molecule has 0 aliphatic carbocycles. The Morgan fingerprint density at radius 2 is 1.86 bits per heavy atom. The van der Waals surface area contributed by atoms with Gasteiger partial charge in [-0.3, -0.25) is 4.79 Å². The van der Waals surface area contributed by atoms with E-state index in [0.717, 1.165) is 18.9 Å². The number of hydrogen-bond acceptors (Lipinski definition) is 2. The van der Waals surface area contributed by atoms with E-state index in [4.69, 9.17) is 5.11 Å². The maximum absolute atomic E-state index is 13.7. The lowest BCUT2D eigenvalue weighted by molar-refractivity contribution is 0.0903. The van der Waals surface area contributed by atoms with Gasteiger partial charge in [-0.15, -0.1) is 0 Å². The van der Waals surface area contributed by atoms with Crippen LogP contribution in [0.2, 0.25) is 0 Å². The van der Waals surface area contributed by atoms with Crippen LogP contribution in [0.3, 0.4) is 0 Å². The molecule has 0 bridgehead atoms. The number of benzene rings is 1. The van der Waals surface area contributed by atoms with Crippen molar-refractivity contribution < 1.29 is 18.7 Å². The molecular weight excluding hydrogens is 276 g/mol. The van der Waals surface area contributed by atoms with Crippen LogP contribution in [0, 0.1) is 24.0 Å². The van der Waals surface area contributed by atoms with Crippen LogP contribution in [0.15, 0.2) is 12.1 Å². The summed E-state index contributed by atoms with van der Waals surface area (Å²) in [5.41, 5.74) is -0.121. The lowest BCUT2D eigenvalue weighted by atomic mass is 9.79. The predicted octanol–water partition coefficient (Wildman–Crippen LogP) is 3.19. The van der Waals surface area contributed by atoms with Crippen LogP contribution < -0.4 is 5.32 Å². The summed E-state index contributed by atoms with van der Waals surface area (Å²) >= 11 is 0. The molecule has 0 spiro atoms. The maximum atomic E-state index is 13.7. The maximum Gasteiger partial charge on any atom is 0.254 e. The Morgan fingerprint density at radius 3 is 2.38 bits per heavy atom. The summed E-state index contributed by atoms with van der Waals surface area (Å²) in [7, 11) is 0. The number of aryl methyl sites for hydroxylation is 1. The van der Waals surface area contributed by atoms with E-state index < -0.39 is 17.5 Å². The second-order valence-corrected chi connectivity index (χ2v) is 5.44. The smallest absolute Gasteiger partial charge is 0.254 e. The fourth-order valence-electron chi connectivity index (χ4n) is 2.37. The number of carbonyl (C=O) groups excluding carboxylic acids is 1. The van der Waals surface area contributed by atoms with Gasteiger partial charge < -0.3 is 10.4 Å². The average molecular weight is 299 g/mol. The fourth-order valence-corrected chi connectivity index (χ4v) is 2.37. The molecule has 3 nitrogen and oxygen atoms in total. The van der Waals surface area contributed by atoms with Crippen LogP contribution in [0.25, 0.3) is 0 Å². The van der Waals surface area contributed by atoms with E-state index in [2.05, 4.69) is 5.32 Å². The Labute approximate surface area is 124 Å².